The number of fused-ring (bicyclic) bond motifs is 1. The maximum atomic E-state index is 9.14. The molecular formula is C17H13ClN2O. The van der Waals surface area contributed by atoms with Crippen molar-refractivity contribution in [2.24, 2.45) is 0 Å². The van der Waals surface area contributed by atoms with Crippen molar-refractivity contribution in [3.63, 3.8) is 0 Å². The van der Waals surface area contributed by atoms with Crippen molar-refractivity contribution in [3.05, 3.63) is 53.1 Å². The maximum absolute atomic E-state index is 9.14. The van der Waals surface area contributed by atoms with Gasteiger partial charge in [0.15, 0.2) is 0 Å². The van der Waals surface area contributed by atoms with Crippen molar-refractivity contribution in [1.29, 1.82) is 5.26 Å². The standard InChI is InChI=1S/C17H13ClN2O/c1-21-16-5-3-2-4-13(16)17-12(8-9-19)14-10-11(18)6-7-15(14)20-17/h2-7,10,20H,8H2,1H3. The van der Waals surface area contributed by atoms with Crippen LogP contribution in [0.1, 0.15) is 5.56 Å². The van der Waals surface area contributed by atoms with E-state index in [-0.39, 0.29) is 0 Å². The fraction of sp³-hybridized carbons (Fsp3) is 0.118. The van der Waals surface area contributed by atoms with Gasteiger partial charge in [0.2, 0.25) is 0 Å². The molecule has 1 aromatic heterocycles. The van der Waals surface area contributed by atoms with E-state index in [1.165, 1.54) is 0 Å². The van der Waals surface area contributed by atoms with Gasteiger partial charge >= 0.3 is 0 Å². The fourth-order valence-electron chi connectivity index (χ4n) is 2.56. The van der Waals surface area contributed by atoms with Crippen LogP contribution in [0.15, 0.2) is 42.5 Å². The minimum Gasteiger partial charge on any atom is -0.496 e. The van der Waals surface area contributed by atoms with E-state index in [4.69, 9.17) is 21.6 Å². The highest BCUT2D eigenvalue weighted by molar-refractivity contribution is 6.31. The van der Waals surface area contributed by atoms with Crippen molar-refractivity contribution >= 4 is 22.5 Å². The van der Waals surface area contributed by atoms with E-state index in [9.17, 15) is 0 Å². The zero-order valence-corrected chi connectivity index (χ0v) is 12.2. The Morgan fingerprint density at radius 3 is 2.81 bits per heavy atom. The van der Waals surface area contributed by atoms with Crippen LogP contribution in [0.4, 0.5) is 0 Å². The second-order valence-corrected chi connectivity index (χ2v) is 5.14. The molecule has 0 unspecified atom stereocenters. The lowest BCUT2D eigenvalue weighted by Crippen LogP contribution is -1.90. The molecule has 1 heterocycles. The van der Waals surface area contributed by atoms with E-state index in [1.54, 1.807) is 7.11 Å². The summed E-state index contributed by atoms with van der Waals surface area (Å²) in [6, 6.07) is 15.6. The molecule has 3 nitrogen and oxygen atoms in total. The molecule has 0 fully saturated rings. The van der Waals surface area contributed by atoms with Crippen molar-refractivity contribution in [3.8, 4) is 23.1 Å². The Hall–Kier alpha value is -2.44. The highest BCUT2D eigenvalue weighted by atomic mass is 35.5. The first-order valence-electron chi connectivity index (χ1n) is 6.55. The molecule has 0 spiro atoms. The molecule has 0 saturated carbocycles. The molecule has 0 aliphatic heterocycles. The molecule has 2 aromatic carbocycles. The number of rotatable bonds is 3. The van der Waals surface area contributed by atoms with E-state index >= 15 is 0 Å². The Morgan fingerprint density at radius 1 is 1.24 bits per heavy atom. The third-order valence-corrected chi connectivity index (χ3v) is 3.74. The molecule has 3 rings (SSSR count). The average Bonchev–Trinajstić information content (AvgIpc) is 2.86. The number of nitrogens with one attached hydrogen (secondary N) is 1. The minimum absolute atomic E-state index is 0.313. The van der Waals surface area contributed by atoms with E-state index in [0.717, 1.165) is 33.5 Å². The van der Waals surface area contributed by atoms with Crippen LogP contribution in [-0.2, 0) is 6.42 Å². The van der Waals surface area contributed by atoms with E-state index < -0.39 is 0 Å². The molecule has 21 heavy (non-hydrogen) atoms. The number of nitrogens with zero attached hydrogens (tertiary/aromatic N) is 1. The first-order chi connectivity index (χ1) is 10.2. The fourth-order valence-corrected chi connectivity index (χ4v) is 2.74. The number of hydrogen-bond acceptors (Lipinski definition) is 2. The van der Waals surface area contributed by atoms with Gasteiger partial charge in [-0.2, -0.15) is 5.26 Å². The molecule has 0 amide bonds. The normalized spacial score (nSPS) is 10.5. The summed E-state index contributed by atoms with van der Waals surface area (Å²) in [5.41, 5.74) is 3.76. The van der Waals surface area contributed by atoms with Gasteiger partial charge in [0, 0.05) is 21.5 Å². The van der Waals surface area contributed by atoms with Gasteiger partial charge in [0.1, 0.15) is 5.75 Å². The molecular weight excluding hydrogens is 284 g/mol. The lowest BCUT2D eigenvalue weighted by atomic mass is 10.0. The number of benzene rings is 2. The van der Waals surface area contributed by atoms with Gasteiger partial charge in [-0.05, 0) is 35.9 Å². The predicted octanol–water partition coefficient (Wildman–Crippen LogP) is 4.56. The Balaban J connectivity index is 2.31. The van der Waals surface area contributed by atoms with Crippen LogP contribution < -0.4 is 4.74 Å². The summed E-state index contributed by atoms with van der Waals surface area (Å²) in [6.45, 7) is 0. The number of halogens is 1. The molecule has 3 aromatic rings. The van der Waals surface area contributed by atoms with Gasteiger partial charge in [-0.1, -0.05) is 23.7 Å². The second-order valence-electron chi connectivity index (χ2n) is 4.70. The highest BCUT2D eigenvalue weighted by Gasteiger charge is 2.16. The van der Waals surface area contributed by atoms with Crippen molar-refractivity contribution in [1.82, 2.24) is 4.98 Å². The van der Waals surface area contributed by atoms with E-state index in [2.05, 4.69) is 11.1 Å². The number of aromatic amines is 1. The van der Waals surface area contributed by atoms with Crippen molar-refractivity contribution in [2.45, 2.75) is 6.42 Å². The van der Waals surface area contributed by atoms with Crippen LogP contribution >= 0.6 is 11.6 Å². The second kappa shape index (κ2) is 5.51. The van der Waals surface area contributed by atoms with Gasteiger partial charge < -0.3 is 9.72 Å². The van der Waals surface area contributed by atoms with Crippen LogP contribution in [0.3, 0.4) is 0 Å². The highest BCUT2D eigenvalue weighted by Crippen LogP contribution is 2.36. The largest absolute Gasteiger partial charge is 0.496 e. The number of aromatic nitrogens is 1. The van der Waals surface area contributed by atoms with Crippen LogP contribution in [0, 0.1) is 11.3 Å². The molecule has 0 aliphatic carbocycles. The summed E-state index contributed by atoms with van der Waals surface area (Å²) in [4.78, 5) is 3.38. The molecule has 0 radical (unpaired) electrons. The summed E-state index contributed by atoms with van der Waals surface area (Å²) in [7, 11) is 1.64. The van der Waals surface area contributed by atoms with Crippen LogP contribution in [0.5, 0.6) is 5.75 Å². The summed E-state index contributed by atoms with van der Waals surface area (Å²) in [5.74, 6) is 0.773. The van der Waals surface area contributed by atoms with Gasteiger partial charge in [-0.25, -0.2) is 0 Å². The summed E-state index contributed by atoms with van der Waals surface area (Å²) in [6.07, 6.45) is 0.313. The Labute approximate surface area is 127 Å². The number of nitriles is 1. The Bertz CT molecular complexity index is 846. The van der Waals surface area contributed by atoms with Crippen LogP contribution in [0.25, 0.3) is 22.2 Å². The number of hydrogen-bond donors (Lipinski definition) is 1. The first kappa shape index (κ1) is 13.5. The quantitative estimate of drug-likeness (QED) is 0.770. The maximum Gasteiger partial charge on any atom is 0.128 e. The number of methoxy groups -OCH3 is 1. The third-order valence-electron chi connectivity index (χ3n) is 3.50. The molecule has 0 bridgehead atoms. The van der Waals surface area contributed by atoms with Crippen molar-refractivity contribution < 1.29 is 4.74 Å². The summed E-state index contributed by atoms with van der Waals surface area (Å²) >= 11 is 6.08. The van der Waals surface area contributed by atoms with E-state index in [0.29, 0.717) is 11.4 Å². The SMILES string of the molecule is COc1ccccc1-c1[nH]c2ccc(Cl)cc2c1CC#N. The topological polar surface area (TPSA) is 48.8 Å². The third kappa shape index (κ3) is 2.35. The molecule has 1 N–H and O–H groups in total. The minimum atomic E-state index is 0.313. The molecule has 4 heteroatoms. The van der Waals surface area contributed by atoms with Gasteiger partial charge in [-0.3, -0.25) is 0 Å². The molecule has 0 aliphatic rings. The molecule has 0 atom stereocenters. The van der Waals surface area contributed by atoms with E-state index in [1.807, 2.05) is 42.5 Å². The Morgan fingerprint density at radius 2 is 2.05 bits per heavy atom. The zero-order chi connectivity index (χ0) is 14.8. The van der Waals surface area contributed by atoms with Crippen molar-refractivity contribution in [2.75, 3.05) is 7.11 Å². The summed E-state index contributed by atoms with van der Waals surface area (Å²) in [5, 5.41) is 10.8. The van der Waals surface area contributed by atoms with Crippen LogP contribution in [0.2, 0.25) is 5.02 Å². The molecule has 0 saturated heterocycles. The number of ether oxygens (including phenoxy) is 1. The van der Waals surface area contributed by atoms with Gasteiger partial charge in [-0.15, -0.1) is 0 Å². The monoisotopic (exact) mass is 296 g/mol. The molecule has 104 valence electrons. The zero-order valence-electron chi connectivity index (χ0n) is 11.5. The smallest absolute Gasteiger partial charge is 0.128 e. The lowest BCUT2D eigenvalue weighted by Gasteiger charge is -2.08. The van der Waals surface area contributed by atoms with Gasteiger partial charge in [0.05, 0.1) is 25.3 Å². The van der Waals surface area contributed by atoms with Gasteiger partial charge in [0.25, 0.3) is 0 Å². The first-order valence-corrected chi connectivity index (χ1v) is 6.93. The lowest BCUT2D eigenvalue weighted by molar-refractivity contribution is 0.416. The average molecular weight is 297 g/mol. The number of para-hydroxylation sites is 1. The van der Waals surface area contributed by atoms with Crippen LogP contribution in [-0.4, -0.2) is 12.1 Å². The predicted molar refractivity (Wildman–Crippen MR) is 84.6 cm³/mol. The summed E-state index contributed by atoms with van der Waals surface area (Å²) < 4.78 is 5.42. The number of H-pyrrole nitrogens is 1. The Kier molecular flexibility index (Phi) is 3.55.